The lowest BCUT2D eigenvalue weighted by Crippen LogP contribution is -2.36. The van der Waals surface area contributed by atoms with Crippen molar-refractivity contribution in [1.82, 2.24) is 4.98 Å². The van der Waals surface area contributed by atoms with Gasteiger partial charge in [-0.05, 0) is 43.2 Å². The summed E-state index contributed by atoms with van der Waals surface area (Å²) >= 11 is 6.22. The second-order valence-corrected chi connectivity index (χ2v) is 10.9. The number of hydrogen-bond acceptors (Lipinski definition) is 6. The van der Waals surface area contributed by atoms with Crippen molar-refractivity contribution < 1.29 is 19.5 Å². The number of nitrogens with one attached hydrogen (secondary N) is 1. The Bertz CT molecular complexity index is 1160. The third kappa shape index (κ3) is 5.39. The van der Waals surface area contributed by atoms with Crippen LogP contribution in [0.3, 0.4) is 0 Å². The minimum absolute atomic E-state index is 0.0372. The number of nitrogens with zero attached hydrogens (tertiary/aromatic N) is 1. The average molecular weight is 533 g/mol. The van der Waals surface area contributed by atoms with Gasteiger partial charge in [0.25, 0.3) is 0 Å². The van der Waals surface area contributed by atoms with Crippen LogP contribution in [0.1, 0.15) is 36.0 Å². The van der Waals surface area contributed by atoms with E-state index in [0.29, 0.717) is 29.8 Å². The molecule has 0 spiro atoms. The van der Waals surface area contributed by atoms with Crippen molar-refractivity contribution in [3.63, 3.8) is 0 Å². The zero-order chi connectivity index (χ0) is 22.7. The maximum atomic E-state index is 12.7. The molecule has 0 unspecified atom stereocenters. The zero-order valence-corrected chi connectivity index (χ0v) is 20.3. The lowest BCUT2D eigenvalue weighted by molar-refractivity contribution is -0.147. The summed E-state index contributed by atoms with van der Waals surface area (Å²) in [4.78, 5) is 41.2. The van der Waals surface area contributed by atoms with Crippen LogP contribution in [-0.4, -0.2) is 33.5 Å². The van der Waals surface area contributed by atoms with E-state index >= 15 is 0 Å². The summed E-state index contributed by atoms with van der Waals surface area (Å²) in [7, 11) is 0. The number of anilines is 1. The number of rotatable bonds is 7. The molecule has 1 aromatic heterocycles. The Labute approximate surface area is 201 Å². The van der Waals surface area contributed by atoms with Gasteiger partial charge in [-0.25, -0.2) is 4.98 Å². The maximum absolute atomic E-state index is 12.7. The van der Waals surface area contributed by atoms with Crippen LogP contribution in [0.4, 0.5) is 5.69 Å². The molecule has 2 N–H and O–H groups in total. The molecule has 1 saturated carbocycles. The van der Waals surface area contributed by atoms with Crippen LogP contribution in [0.15, 0.2) is 51.3 Å². The van der Waals surface area contributed by atoms with Crippen molar-refractivity contribution in [3.05, 3.63) is 52.5 Å². The Hall–Kier alpha value is -2.23. The van der Waals surface area contributed by atoms with E-state index in [1.807, 2.05) is 24.3 Å². The molecule has 9 heteroatoms. The molecule has 1 amide bonds. The molecule has 4 rings (SSSR count). The highest BCUT2D eigenvalue weighted by atomic mass is 79.9. The van der Waals surface area contributed by atoms with E-state index in [4.69, 9.17) is 0 Å². The van der Waals surface area contributed by atoms with E-state index < -0.39 is 17.8 Å². The highest BCUT2D eigenvalue weighted by Gasteiger charge is 2.35. The molecular formula is C23H21BrN2O4S2. The molecule has 1 aliphatic carbocycles. The van der Waals surface area contributed by atoms with Gasteiger partial charge in [-0.2, -0.15) is 0 Å². The minimum Gasteiger partial charge on any atom is -0.481 e. The second kappa shape index (κ2) is 10.1. The van der Waals surface area contributed by atoms with Gasteiger partial charge in [0, 0.05) is 15.7 Å². The van der Waals surface area contributed by atoms with Crippen LogP contribution in [0.25, 0.3) is 10.2 Å². The predicted molar refractivity (Wildman–Crippen MR) is 131 cm³/mol. The number of carboxylic acid groups (broad SMARTS) is 1. The molecule has 2 aromatic carbocycles. The van der Waals surface area contributed by atoms with Crippen molar-refractivity contribution in [1.29, 1.82) is 0 Å². The summed E-state index contributed by atoms with van der Waals surface area (Å²) in [6.45, 7) is 0. The molecule has 0 aliphatic heterocycles. The minimum atomic E-state index is -0.901. The maximum Gasteiger partial charge on any atom is 0.307 e. The van der Waals surface area contributed by atoms with Crippen LogP contribution in [0.5, 0.6) is 0 Å². The molecule has 0 saturated heterocycles. The first kappa shape index (κ1) is 22.9. The molecule has 0 bridgehead atoms. The quantitative estimate of drug-likeness (QED) is 0.292. The third-order valence-electron chi connectivity index (χ3n) is 5.55. The van der Waals surface area contributed by atoms with E-state index in [0.717, 1.165) is 31.9 Å². The summed E-state index contributed by atoms with van der Waals surface area (Å²) in [5.41, 5.74) is 2.09. The van der Waals surface area contributed by atoms with Gasteiger partial charge in [0.15, 0.2) is 10.1 Å². The molecular weight excluding hydrogens is 512 g/mol. The van der Waals surface area contributed by atoms with Crippen molar-refractivity contribution >= 4 is 72.6 Å². The SMILES string of the molecule is O=C(CSc1nc2ccc(NC(=O)[C@@H]3CCCC[C@@H]3C(=O)O)cc2s1)c1ccc(Br)cc1. The summed E-state index contributed by atoms with van der Waals surface area (Å²) in [6.07, 6.45) is 2.85. The van der Waals surface area contributed by atoms with Gasteiger partial charge in [-0.3, -0.25) is 14.4 Å². The number of carbonyl (C=O) groups is 3. The molecule has 3 aromatic rings. The van der Waals surface area contributed by atoms with E-state index in [1.54, 1.807) is 18.2 Å². The van der Waals surface area contributed by atoms with Gasteiger partial charge in [0.2, 0.25) is 5.91 Å². The van der Waals surface area contributed by atoms with E-state index in [9.17, 15) is 19.5 Å². The third-order valence-corrected chi connectivity index (χ3v) is 8.24. The number of ketones is 1. The van der Waals surface area contributed by atoms with Crippen LogP contribution < -0.4 is 5.32 Å². The first-order valence-corrected chi connectivity index (χ1v) is 12.9. The molecule has 6 nitrogen and oxygen atoms in total. The number of Topliss-reactive ketones (excluding diaryl/α,β-unsaturated/α-hetero) is 1. The first-order valence-electron chi connectivity index (χ1n) is 10.3. The summed E-state index contributed by atoms with van der Waals surface area (Å²) in [5.74, 6) is -1.94. The Kier molecular flexibility index (Phi) is 7.27. The van der Waals surface area contributed by atoms with Crippen LogP contribution in [0.2, 0.25) is 0 Å². The second-order valence-electron chi connectivity index (χ2n) is 7.71. The number of carbonyl (C=O) groups excluding carboxylic acids is 2. The van der Waals surface area contributed by atoms with Gasteiger partial charge in [0.1, 0.15) is 0 Å². The number of aromatic nitrogens is 1. The van der Waals surface area contributed by atoms with Crippen molar-refractivity contribution in [2.24, 2.45) is 11.8 Å². The van der Waals surface area contributed by atoms with Crippen LogP contribution in [0, 0.1) is 11.8 Å². The van der Waals surface area contributed by atoms with Gasteiger partial charge < -0.3 is 10.4 Å². The summed E-state index contributed by atoms with van der Waals surface area (Å²) in [5, 5.41) is 12.3. The number of hydrogen-bond donors (Lipinski definition) is 2. The van der Waals surface area contributed by atoms with Gasteiger partial charge in [-0.1, -0.05) is 52.7 Å². The standard InChI is InChI=1S/C23H21BrN2O4S2/c24-14-7-5-13(6-8-14)19(27)12-31-23-26-18-10-9-15(11-20(18)32-23)25-21(28)16-3-1-2-4-17(16)22(29)30/h5-11,16-17H,1-4,12H2,(H,25,28)(H,29,30)/t16-,17+/m1/s1. The number of benzene rings is 2. The number of aliphatic carboxylic acids is 1. The Morgan fingerprint density at radius 2 is 1.81 bits per heavy atom. The smallest absolute Gasteiger partial charge is 0.307 e. The topological polar surface area (TPSA) is 96.4 Å². The summed E-state index contributed by atoms with van der Waals surface area (Å²) in [6, 6.07) is 12.7. The number of fused-ring (bicyclic) bond motifs is 1. The highest BCUT2D eigenvalue weighted by molar-refractivity contribution is 9.10. The van der Waals surface area contributed by atoms with E-state index in [1.165, 1.54) is 23.1 Å². The summed E-state index contributed by atoms with van der Waals surface area (Å²) < 4.78 is 2.62. The van der Waals surface area contributed by atoms with E-state index in [2.05, 4.69) is 26.2 Å². The molecule has 2 atom stereocenters. The monoisotopic (exact) mass is 532 g/mol. The first-order chi connectivity index (χ1) is 15.4. The zero-order valence-electron chi connectivity index (χ0n) is 17.0. The highest BCUT2D eigenvalue weighted by Crippen LogP contribution is 2.34. The predicted octanol–water partition coefficient (Wildman–Crippen LogP) is 5.86. The number of halogens is 1. The number of amides is 1. The molecule has 32 heavy (non-hydrogen) atoms. The average Bonchev–Trinajstić information content (AvgIpc) is 3.20. The fraction of sp³-hybridized carbons (Fsp3) is 0.304. The van der Waals surface area contributed by atoms with E-state index in [-0.39, 0.29) is 11.7 Å². The van der Waals surface area contributed by atoms with Crippen molar-refractivity contribution in [2.45, 2.75) is 30.0 Å². The molecule has 1 heterocycles. The Morgan fingerprint density at radius 3 is 2.53 bits per heavy atom. The lowest BCUT2D eigenvalue weighted by atomic mass is 9.78. The van der Waals surface area contributed by atoms with Gasteiger partial charge in [0.05, 0.1) is 27.8 Å². The lowest BCUT2D eigenvalue weighted by Gasteiger charge is -2.27. The number of carboxylic acids is 1. The number of thioether (sulfide) groups is 1. The van der Waals surface area contributed by atoms with Crippen LogP contribution >= 0.6 is 39.0 Å². The van der Waals surface area contributed by atoms with Crippen LogP contribution in [-0.2, 0) is 9.59 Å². The molecule has 166 valence electrons. The van der Waals surface area contributed by atoms with Gasteiger partial charge >= 0.3 is 5.97 Å². The fourth-order valence-corrected chi connectivity index (χ4v) is 6.13. The van der Waals surface area contributed by atoms with Crippen molar-refractivity contribution in [2.75, 3.05) is 11.1 Å². The normalized spacial score (nSPS) is 18.4. The van der Waals surface area contributed by atoms with Gasteiger partial charge in [-0.15, -0.1) is 11.3 Å². The largest absolute Gasteiger partial charge is 0.481 e. The molecule has 1 aliphatic rings. The number of thiazole rings is 1. The molecule has 1 fully saturated rings. The Balaban J connectivity index is 1.41. The Morgan fingerprint density at radius 1 is 1.09 bits per heavy atom. The fourth-order valence-electron chi connectivity index (χ4n) is 3.86. The molecule has 0 radical (unpaired) electrons. The van der Waals surface area contributed by atoms with Crippen molar-refractivity contribution in [3.8, 4) is 0 Å².